The van der Waals surface area contributed by atoms with Crippen LogP contribution in [-0.2, 0) is 22.5 Å². The number of aliphatic hydroxyl groups is 2. The van der Waals surface area contributed by atoms with E-state index in [-0.39, 0.29) is 17.2 Å². The highest BCUT2D eigenvalue weighted by atomic mass is 79.9. The van der Waals surface area contributed by atoms with Gasteiger partial charge in [0.25, 0.3) is 0 Å². The molecule has 3 aromatic carbocycles. The summed E-state index contributed by atoms with van der Waals surface area (Å²) in [5, 5.41) is 25.1. The van der Waals surface area contributed by atoms with Crippen LogP contribution in [0, 0.1) is 5.92 Å². The second-order valence-electron chi connectivity index (χ2n) is 10.4. The van der Waals surface area contributed by atoms with Gasteiger partial charge in [-0.3, -0.25) is 9.78 Å². The van der Waals surface area contributed by atoms with Crippen LogP contribution in [0.15, 0.2) is 102 Å². The van der Waals surface area contributed by atoms with E-state index in [1.165, 1.54) is 19.5 Å². The summed E-state index contributed by atoms with van der Waals surface area (Å²) in [6, 6.07) is 26.6. The van der Waals surface area contributed by atoms with Gasteiger partial charge in [0.05, 0.1) is 31.0 Å². The van der Waals surface area contributed by atoms with Crippen molar-refractivity contribution in [3.63, 3.8) is 0 Å². The summed E-state index contributed by atoms with van der Waals surface area (Å²) >= 11 is 3.50. The van der Waals surface area contributed by atoms with Gasteiger partial charge in [0, 0.05) is 24.0 Å². The Kier molecular flexibility index (Phi) is 6.65. The van der Waals surface area contributed by atoms with Crippen LogP contribution in [0.4, 0.5) is 0 Å². The Bertz CT molecular complexity index is 1530. The number of aromatic nitrogens is 1. The zero-order chi connectivity index (χ0) is 28.1. The number of amides is 1. The van der Waals surface area contributed by atoms with Crippen molar-refractivity contribution in [2.75, 3.05) is 14.2 Å². The molecule has 1 aromatic heterocycles. The number of methoxy groups -OCH3 is 1. The molecule has 40 heavy (non-hydrogen) atoms. The molecule has 0 bridgehead atoms. The zero-order valence-corrected chi connectivity index (χ0v) is 23.7. The number of carbonyl (C=O) groups excluding carboxylic acids is 1. The number of nitrogens with zero attached hydrogens (tertiary/aromatic N) is 2. The first-order chi connectivity index (χ1) is 19.3. The summed E-state index contributed by atoms with van der Waals surface area (Å²) in [4.78, 5) is 20.2. The first-order valence-electron chi connectivity index (χ1n) is 13.0. The van der Waals surface area contributed by atoms with E-state index < -0.39 is 29.1 Å². The number of halogens is 1. The normalized spacial score (nSPS) is 26.5. The third-order valence-electron chi connectivity index (χ3n) is 8.24. The number of hydrogen-bond donors (Lipinski definition) is 2. The number of pyridine rings is 1. The smallest absolute Gasteiger partial charge is 0.229 e. The Morgan fingerprint density at radius 2 is 1.68 bits per heavy atom. The maximum Gasteiger partial charge on any atom is 0.229 e. The Labute approximate surface area is 241 Å². The van der Waals surface area contributed by atoms with Gasteiger partial charge in [-0.05, 0) is 28.8 Å². The van der Waals surface area contributed by atoms with Crippen LogP contribution in [0.3, 0.4) is 0 Å². The molecule has 1 saturated carbocycles. The number of benzene rings is 3. The lowest BCUT2D eigenvalue weighted by molar-refractivity contribution is -0.156. The Hall–Kier alpha value is -3.72. The van der Waals surface area contributed by atoms with E-state index in [2.05, 4.69) is 20.9 Å². The van der Waals surface area contributed by atoms with Gasteiger partial charge >= 0.3 is 0 Å². The lowest BCUT2D eigenvalue weighted by Crippen LogP contribution is -2.52. The minimum absolute atomic E-state index is 0.274. The van der Waals surface area contributed by atoms with Crippen molar-refractivity contribution in [2.24, 2.45) is 5.92 Å². The molecule has 5 unspecified atom stereocenters. The summed E-state index contributed by atoms with van der Waals surface area (Å²) in [6.07, 6.45) is 1.46. The van der Waals surface area contributed by atoms with Crippen LogP contribution in [-0.4, -0.2) is 46.3 Å². The molecule has 0 radical (unpaired) electrons. The highest BCUT2D eigenvalue weighted by Gasteiger charge is 2.78. The molecular weight excluding hydrogens is 572 g/mol. The molecule has 6 rings (SSSR count). The van der Waals surface area contributed by atoms with Crippen LogP contribution in [0.2, 0.25) is 0 Å². The van der Waals surface area contributed by atoms with Gasteiger partial charge in [0.1, 0.15) is 17.6 Å². The molecule has 0 spiro atoms. The molecule has 8 heteroatoms. The predicted molar refractivity (Wildman–Crippen MR) is 153 cm³/mol. The number of hydrogen-bond acceptors (Lipinski definition) is 6. The molecule has 2 heterocycles. The van der Waals surface area contributed by atoms with Gasteiger partial charge in [0.15, 0.2) is 11.2 Å². The molecule has 1 fully saturated rings. The first-order valence-corrected chi connectivity index (χ1v) is 13.8. The summed E-state index contributed by atoms with van der Waals surface area (Å²) in [5.74, 6) is -1.54. The predicted octanol–water partition coefficient (Wildman–Crippen LogP) is 4.76. The van der Waals surface area contributed by atoms with E-state index >= 15 is 0 Å². The second kappa shape index (κ2) is 10.0. The van der Waals surface area contributed by atoms with Crippen molar-refractivity contribution in [3.8, 4) is 11.5 Å². The Morgan fingerprint density at radius 1 is 1.02 bits per heavy atom. The van der Waals surface area contributed by atoms with Crippen LogP contribution >= 0.6 is 15.9 Å². The van der Waals surface area contributed by atoms with Crippen molar-refractivity contribution < 1.29 is 24.5 Å². The van der Waals surface area contributed by atoms with Crippen molar-refractivity contribution in [2.45, 2.75) is 29.8 Å². The van der Waals surface area contributed by atoms with Gasteiger partial charge in [0.2, 0.25) is 5.91 Å². The molecule has 204 valence electrons. The molecule has 2 aliphatic rings. The molecule has 5 atom stereocenters. The summed E-state index contributed by atoms with van der Waals surface area (Å²) in [7, 11) is 3.19. The van der Waals surface area contributed by atoms with Crippen LogP contribution in [0.5, 0.6) is 11.5 Å². The summed E-state index contributed by atoms with van der Waals surface area (Å²) in [5.41, 5.74) is -1.00. The van der Waals surface area contributed by atoms with Crippen LogP contribution in [0.1, 0.15) is 28.2 Å². The quantitative estimate of drug-likeness (QED) is 0.331. The number of ether oxygens (including phenoxy) is 2. The SMILES string of the molecule is COc1cncc2c1C1(O)C(O)C(C(=O)N(C)Cc3ccccc3)C(c3ccccc3)C1(c1ccc(Br)cc1)O2. The number of fused-ring (bicyclic) bond motifs is 3. The van der Waals surface area contributed by atoms with Crippen molar-refractivity contribution in [1.29, 1.82) is 0 Å². The lowest BCUT2D eigenvalue weighted by atomic mass is 9.70. The van der Waals surface area contributed by atoms with E-state index in [0.29, 0.717) is 17.9 Å². The molecule has 1 aliphatic carbocycles. The fraction of sp³-hybridized carbons (Fsp3) is 0.250. The molecule has 4 aromatic rings. The Balaban J connectivity index is 1.59. The molecule has 7 nitrogen and oxygen atoms in total. The molecule has 0 saturated heterocycles. The number of rotatable bonds is 6. The number of aliphatic hydroxyl groups excluding tert-OH is 1. The standard InChI is InChI=1S/C32H29BrN2O5/c1-35(19-20-9-5-3-6-10-20)30(37)26-27(21-11-7-4-8-12-21)32(22-13-15-23(33)16-14-22)31(38,29(26)36)28-24(39-2)17-34-18-25(28)40-32/h3-18,26-27,29,36,38H,19H2,1-2H3. The zero-order valence-electron chi connectivity index (χ0n) is 22.1. The highest BCUT2D eigenvalue weighted by Crippen LogP contribution is 2.69. The van der Waals surface area contributed by atoms with E-state index in [0.717, 1.165) is 15.6 Å². The Morgan fingerprint density at radius 3 is 2.33 bits per heavy atom. The van der Waals surface area contributed by atoms with Gasteiger partial charge in [-0.15, -0.1) is 0 Å². The fourth-order valence-electron chi connectivity index (χ4n) is 6.56. The van der Waals surface area contributed by atoms with Crippen molar-refractivity contribution >= 4 is 21.8 Å². The van der Waals surface area contributed by atoms with Crippen LogP contribution < -0.4 is 9.47 Å². The largest absolute Gasteiger partial charge is 0.495 e. The average molecular weight is 601 g/mol. The van der Waals surface area contributed by atoms with Crippen LogP contribution in [0.25, 0.3) is 0 Å². The van der Waals surface area contributed by atoms with Gasteiger partial charge < -0.3 is 24.6 Å². The number of carbonyl (C=O) groups is 1. The van der Waals surface area contributed by atoms with E-state index in [1.807, 2.05) is 84.9 Å². The third-order valence-corrected chi connectivity index (χ3v) is 8.76. The lowest BCUT2D eigenvalue weighted by Gasteiger charge is -2.41. The highest BCUT2D eigenvalue weighted by molar-refractivity contribution is 9.10. The monoisotopic (exact) mass is 600 g/mol. The minimum Gasteiger partial charge on any atom is -0.495 e. The van der Waals surface area contributed by atoms with Gasteiger partial charge in [-0.1, -0.05) is 88.7 Å². The van der Waals surface area contributed by atoms with Gasteiger partial charge in [-0.2, -0.15) is 0 Å². The molecule has 2 N–H and O–H groups in total. The topological polar surface area (TPSA) is 92.1 Å². The average Bonchev–Trinajstić information content (AvgIpc) is 3.36. The summed E-state index contributed by atoms with van der Waals surface area (Å²) in [6.45, 7) is 0.346. The van der Waals surface area contributed by atoms with E-state index in [1.54, 1.807) is 11.9 Å². The molecule has 1 amide bonds. The van der Waals surface area contributed by atoms with Gasteiger partial charge in [-0.25, -0.2) is 0 Å². The van der Waals surface area contributed by atoms with Crippen molar-refractivity contribution in [3.05, 3.63) is 124 Å². The summed E-state index contributed by atoms with van der Waals surface area (Å²) < 4.78 is 13.2. The maximum atomic E-state index is 14.4. The fourth-order valence-corrected chi connectivity index (χ4v) is 6.82. The van der Waals surface area contributed by atoms with E-state index in [4.69, 9.17) is 9.47 Å². The minimum atomic E-state index is -2.04. The first kappa shape index (κ1) is 26.5. The molecule has 1 aliphatic heterocycles. The molecular formula is C32H29BrN2O5. The third kappa shape index (κ3) is 3.78. The second-order valence-corrected chi connectivity index (χ2v) is 11.3. The van der Waals surface area contributed by atoms with Crippen molar-refractivity contribution in [1.82, 2.24) is 9.88 Å². The van der Waals surface area contributed by atoms with E-state index in [9.17, 15) is 15.0 Å². The maximum absolute atomic E-state index is 14.4.